The van der Waals surface area contributed by atoms with Crippen molar-refractivity contribution in [3.63, 3.8) is 0 Å². The average molecular weight is 403 g/mol. The van der Waals surface area contributed by atoms with Crippen LogP contribution in [0.15, 0.2) is 0 Å². The number of aromatic nitrogens is 4. The smallest absolute Gasteiger partial charge is 0.0760 e. The predicted molar refractivity (Wildman–Crippen MR) is 115 cm³/mol. The molecular weight excluding hydrogens is 368 g/mol. The highest BCUT2D eigenvalue weighted by Crippen LogP contribution is 2.43. The van der Waals surface area contributed by atoms with Crippen molar-refractivity contribution in [2.24, 2.45) is 13.0 Å². The normalized spacial score (nSPS) is 22.1. The van der Waals surface area contributed by atoms with E-state index in [-0.39, 0.29) is 11.0 Å². The number of fused-ring (bicyclic) bond motifs is 2. The van der Waals surface area contributed by atoms with Crippen LogP contribution in [0.4, 0.5) is 0 Å². The first-order valence-electron chi connectivity index (χ1n) is 10.4. The van der Waals surface area contributed by atoms with E-state index in [1.165, 1.54) is 33.9 Å². The number of ether oxygens (including phenoxy) is 1. The first kappa shape index (κ1) is 20.0. The number of hydrogen-bond donors (Lipinski definition) is 1. The highest BCUT2D eigenvalue weighted by molar-refractivity contribution is 7.98. The quantitative estimate of drug-likeness (QED) is 0.821. The van der Waals surface area contributed by atoms with Crippen LogP contribution in [0.3, 0.4) is 0 Å². The van der Waals surface area contributed by atoms with Gasteiger partial charge in [-0.2, -0.15) is 22.0 Å². The van der Waals surface area contributed by atoms with E-state index in [1.54, 1.807) is 0 Å². The number of aryl methyl sites for hydroxylation is 1. The van der Waals surface area contributed by atoms with Crippen LogP contribution in [0.5, 0.6) is 0 Å². The minimum Gasteiger partial charge on any atom is -0.370 e. The Labute approximate surface area is 173 Å². The van der Waals surface area contributed by atoms with Crippen LogP contribution < -0.4 is 0 Å². The maximum Gasteiger partial charge on any atom is 0.0760 e. The van der Waals surface area contributed by atoms with Gasteiger partial charge in [0.2, 0.25) is 0 Å². The van der Waals surface area contributed by atoms with E-state index >= 15 is 0 Å². The molecule has 0 radical (unpaired) electrons. The van der Waals surface area contributed by atoms with Crippen molar-refractivity contribution in [2.75, 3.05) is 5.75 Å². The zero-order chi connectivity index (χ0) is 20.3. The number of nitrogens with zero attached hydrogens (tertiary/aromatic N) is 3. The third kappa shape index (κ3) is 3.32. The van der Waals surface area contributed by atoms with Crippen LogP contribution in [0.2, 0.25) is 0 Å². The molecule has 1 N–H and O–H groups in total. The van der Waals surface area contributed by atoms with Crippen molar-refractivity contribution in [1.82, 2.24) is 20.0 Å². The zero-order valence-corrected chi connectivity index (χ0v) is 19.2. The molecule has 0 aromatic carbocycles. The van der Waals surface area contributed by atoms with Gasteiger partial charge in [-0.15, -0.1) is 0 Å². The molecule has 0 bridgehead atoms. The second-order valence-electron chi connectivity index (χ2n) is 9.98. The first-order valence-corrected chi connectivity index (χ1v) is 11.6. The lowest BCUT2D eigenvalue weighted by Gasteiger charge is -2.35. The van der Waals surface area contributed by atoms with Crippen LogP contribution in [0.1, 0.15) is 81.4 Å². The largest absolute Gasteiger partial charge is 0.370 e. The molecule has 154 valence electrons. The highest BCUT2D eigenvalue weighted by atomic mass is 32.2. The molecule has 1 atom stereocenters. The van der Waals surface area contributed by atoms with Crippen molar-refractivity contribution in [2.45, 2.75) is 83.7 Å². The summed E-state index contributed by atoms with van der Waals surface area (Å²) in [6.07, 6.45) is 1.95. The molecule has 4 heterocycles. The summed E-state index contributed by atoms with van der Waals surface area (Å²) in [4.78, 5) is 0. The van der Waals surface area contributed by atoms with Crippen molar-refractivity contribution < 1.29 is 4.74 Å². The Balaban J connectivity index is 1.67. The summed E-state index contributed by atoms with van der Waals surface area (Å²) < 4.78 is 8.26. The third-order valence-corrected chi connectivity index (χ3v) is 7.78. The maximum absolute atomic E-state index is 6.16. The summed E-state index contributed by atoms with van der Waals surface area (Å²) in [6.45, 7) is 14.2. The van der Waals surface area contributed by atoms with Crippen LogP contribution >= 0.6 is 11.8 Å². The number of H-pyrrole nitrogens is 1. The molecule has 0 aliphatic carbocycles. The third-order valence-electron chi connectivity index (χ3n) is 6.65. The van der Waals surface area contributed by atoms with E-state index in [0.29, 0.717) is 18.4 Å². The van der Waals surface area contributed by atoms with Gasteiger partial charge in [0.05, 0.1) is 23.6 Å². The Morgan fingerprint density at radius 3 is 2.75 bits per heavy atom. The van der Waals surface area contributed by atoms with E-state index < -0.39 is 0 Å². The Hall–Kier alpha value is -1.27. The van der Waals surface area contributed by atoms with Crippen LogP contribution in [-0.4, -0.2) is 31.3 Å². The van der Waals surface area contributed by atoms with Crippen molar-refractivity contribution in [3.05, 3.63) is 33.9 Å². The molecule has 0 saturated heterocycles. The first-order chi connectivity index (χ1) is 13.1. The molecule has 28 heavy (non-hydrogen) atoms. The lowest BCUT2D eigenvalue weighted by molar-refractivity contribution is -0.0421. The molecule has 4 rings (SSSR count). The summed E-state index contributed by atoms with van der Waals surface area (Å²) in [6, 6.07) is 0. The number of nitrogens with one attached hydrogen (secondary N) is 1. The van der Waals surface area contributed by atoms with Crippen molar-refractivity contribution in [3.8, 4) is 0 Å². The molecule has 6 heteroatoms. The van der Waals surface area contributed by atoms with E-state index in [2.05, 4.69) is 63.5 Å². The molecule has 1 unspecified atom stereocenters. The predicted octanol–water partition coefficient (Wildman–Crippen LogP) is 4.50. The molecular formula is C22H34N4OS. The molecule has 0 amide bonds. The van der Waals surface area contributed by atoms with Gasteiger partial charge >= 0.3 is 0 Å². The molecule has 0 saturated carbocycles. The molecule has 5 nitrogen and oxygen atoms in total. The van der Waals surface area contributed by atoms with E-state index in [9.17, 15) is 0 Å². The minimum atomic E-state index is -0.113. The summed E-state index contributed by atoms with van der Waals surface area (Å²) >= 11 is 2.04. The zero-order valence-electron chi connectivity index (χ0n) is 18.3. The second-order valence-corrected chi connectivity index (χ2v) is 11.0. The minimum absolute atomic E-state index is 0.0199. The topological polar surface area (TPSA) is 55.7 Å². The summed E-state index contributed by atoms with van der Waals surface area (Å²) in [5.41, 5.74) is 7.75. The fraction of sp³-hybridized carbons (Fsp3) is 0.727. The van der Waals surface area contributed by atoms with Gasteiger partial charge in [0, 0.05) is 47.2 Å². The monoisotopic (exact) mass is 402 g/mol. The van der Waals surface area contributed by atoms with Gasteiger partial charge in [-0.1, -0.05) is 27.7 Å². The fourth-order valence-electron chi connectivity index (χ4n) is 4.71. The highest BCUT2D eigenvalue weighted by Gasteiger charge is 2.41. The molecule has 0 spiro atoms. The van der Waals surface area contributed by atoms with E-state index in [4.69, 9.17) is 9.84 Å². The van der Waals surface area contributed by atoms with Gasteiger partial charge < -0.3 is 4.74 Å². The van der Waals surface area contributed by atoms with Gasteiger partial charge in [0.1, 0.15) is 0 Å². The van der Waals surface area contributed by atoms with Gasteiger partial charge in [-0.25, -0.2) is 0 Å². The van der Waals surface area contributed by atoms with Gasteiger partial charge in [0.25, 0.3) is 0 Å². The number of hydrogen-bond acceptors (Lipinski definition) is 4. The molecule has 2 aromatic rings. The fourth-order valence-corrected chi connectivity index (χ4v) is 6.17. The van der Waals surface area contributed by atoms with E-state index in [0.717, 1.165) is 24.3 Å². The maximum atomic E-state index is 6.16. The average Bonchev–Trinajstić information content (AvgIpc) is 3.07. The van der Waals surface area contributed by atoms with Crippen molar-refractivity contribution >= 4 is 11.8 Å². The summed E-state index contributed by atoms with van der Waals surface area (Å²) in [7, 11) is 2.09. The lowest BCUT2D eigenvalue weighted by Crippen LogP contribution is -2.36. The Bertz CT molecular complexity index is 877. The summed E-state index contributed by atoms with van der Waals surface area (Å²) in [5, 5.41) is 13.0. The molecule has 2 aliphatic rings. The Morgan fingerprint density at radius 2 is 2.04 bits per heavy atom. The Kier molecular flexibility index (Phi) is 4.94. The van der Waals surface area contributed by atoms with Crippen LogP contribution in [-0.2, 0) is 42.4 Å². The number of thioether (sulfide) groups is 1. The van der Waals surface area contributed by atoms with E-state index in [1.807, 2.05) is 11.8 Å². The van der Waals surface area contributed by atoms with Crippen LogP contribution in [0.25, 0.3) is 0 Å². The second kappa shape index (κ2) is 6.91. The number of rotatable bonds is 3. The van der Waals surface area contributed by atoms with Crippen molar-refractivity contribution in [1.29, 1.82) is 0 Å². The van der Waals surface area contributed by atoms with Crippen LogP contribution in [0, 0.1) is 5.92 Å². The molecule has 2 aliphatic heterocycles. The van der Waals surface area contributed by atoms with Gasteiger partial charge in [-0.05, 0) is 37.9 Å². The number of aromatic amines is 1. The lowest BCUT2D eigenvalue weighted by atomic mass is 9.73. The standard InChI is InChI=1S/C22H34N4OS/c1-13(2)19-16-12-28-11-14(8-17(16)23-24-19)22(5,6)20-15-10-27-21(3,4)9-18(15)26(7)25-20/h13-14H,8-12H2,1-7H3,(H,23,24). The summed E-state index contributed by atoms with van der Waals surface area (Å²) in [5.74, 6) is 3.18. The SMILES string of the molecule is CC(C)c1n[nH]c2c1CSCC(C(C)(C)c1nn(C)c3c1COC(C)(C)C3)C2. The molecule has 2 aromatic heterocycles. The van der Waals surface area contributed by atoms with Gasteiger partial charge in [-0.3, -0.25) is 9.78 Å². The van der Waals surface area contributed by atoms with Gasteiger partial charge in [0.15, 0.2) is 0 Å². The molecule has 0 fully saturated rings. The Morgan fingerprint density at radius 1 is 1.29 bits per heavy atom.